The number of rotatable bonds is 8. The molecule has 0 spiro atoms. The van der Waals surface area contributed by atoms with E-state index in [9.17, 15) is 16.8 Å². The summed E-state index contributed by atoms with van der Waals surface area (Å²) in [6.07, 6.45) is 7.15. The molecule has 1 fully saturated rings. The molecule has 30 heavy (non-hydrogen) atoms. The van der Waals surface area contributed by atoms with Gasteiger partial charge in [-0.05, 0) is 66.1 Å². The Morgan fingerprint density at radius 2 is 1.47 bits per heavy atom. The summed E-state index contributed by atoms with van der Waals surface area (Å²) in [7, 11) is -7.16. The molecule has 2 aromatic rings. The molecular weight excluding hydrogens is 420 g/mol. The van der Waals surface area contributed by atoms with Crippen molar-refractivity contribution in [2.75, 3.05) is 12.3 Å². The van der Waals surface area contributed by atoms with Crippen LogP contribution < -0.4 is 4.72 Å². The van der Waals surface area contributed by atoms with Gasteiger partial charge in [0.05, 0.1) is 15.5 Å². The van der Waals surface area contributed by atoms with Gasteiger partial charge in [-0.1, -0.05) is 33.1 Å². The van der Waals surface area contributed by atoms with Crippen LogP contribution in [0.5, 0.6) is 0 Å². The molecule has 0 bridgehead atoms. The topological polar surface area (TPSA) is 93.2 Å². The molecule has 1 N–H and O–H groups in total. The lowest BCUT2D eigenvalue weighted by Gasteiger charge is -2.34. The molecule has 1 saturated carbocycles. The molecule has 1 aliphatic carbocycles. The molecule has 2 unspecified atom stereocenters. The van der Waals surface area contributed by atoms with Gasteiger partial charge in [-0.3, -0.25) is 4.98 Å². The average molecular weight is 451 g/mol. The zero-order valence-corrected chi connectivity index (χ0v) is 19.1. The van der Waals surface area contributed by atoms with Crippen molar-refractivity contribution in [1.29, 1.82) is 0 Å². The Labute approximate surface area is 180 Å². The molecule has 1 aromatic heterocycles. The summed E-state index contributed by atoms with van der Waals surface area (Å²) in [5.41, 5.74) is 0.986. The maximum Gasteiger partial charge on any atom is 0.240 e. The van der Waals surface area contributed by atoms with Gasteiger partial charge in [-0.2, -0.15) is 0 Å². The number of sulfone groups is 1. The van der Waals surface area contributed by atoms with Gasteiger partial charge in [0.2, 0.25) is 10.0 Å². The van der Waals surface area contributed by atoms with Gasteiger partial charge >= 0.3 is 0 Å². The van der Waals surface area contributed by atoms with E-state index in [2.05, 4.69) is 23.6 Å². The summed E-state index contributed by atoms with van der Waals surface area (Å²) in [5.74, 6) is 1.02. The smallest absolute Gasteiger partial charge is 0.240 e. The first-order valence-corrected chi connectivity index (χ1v) is 13.5. The zero-order valence-electron chi connectivity index (χ0n) is 17.5. The first-order chi connectivity index (χ1) is 14.2. The van der Waals surface area contributed by atoms with Crippen LogP contribution in [0.4, 0.5) is 0 Å². The largest absolute Gasteiger partial charge is 0.265 e. The number of nitrogens with zero attached hydrogens (tertiary/aromatic N) is 1. The predicted octanol–water partition coefficient (Wildman–Crippen LogP) is 3.45. The normalized spacial score (nSPS) is 22.7. The number of hydrogen-bond acceptors (Lipinski definition) is 5. The number of pyridine rings is 1. The summed E-state index contributed by atoms with van der Waals surface area (Å²) in [5, 5.41) is 0. The van der Waals surface area contributed by atoms with Crippen LogP contribution >= 0.6 is 0 Å². The Morgan fingerprint density at radius 1 is 0.900 bits per heavy atom. The molecule has 164 valence electrons. The number of benzene rings is 1. The van der Waals surface area contributed by atoms with E-state index >= 15 is 0 Å². The highest BCUT2D eigenvalue weighted by Crippen LogP contribution is 2.36. The van der Waals surface area contributed by atoms with Crippen LogP contribution in [0.3, 0.4) is 0 Å². The minimum atomic E-state index is -3.70. The summed E-state index contributed by atoms with van der Waals surface area (Å²) >= 11 is 0. The molecule has 1 heterocycles. The lowest BCUT2D eigenvalue weighted by Crippen LogP contribution is -2.31. The number of nitrogens with one attached hydrogen (secondary N) is 1. The average Bonchev–Trinajstić information content (AvgIpc) is 2.72. The van der Waals surface area contributed by atoms with Crippen LogP contribution in [0.1, 0.15) is 38.7 Å². The van der Waals surface area contributed by atoms with E-state index in [4.69, 9.17) is 0 Å². The maximum absolute atomic E-state index is 12.9. The molecule has 0 aliphatic heterocycles. The second kappa shape index (κ2) is 9.58. The monoisotopic (exact) mass is 450 g/mol. The standard InChI is InChI=1S/C22H30N2O4S2/c1-17-4-3-5-18(2)22(17)16-29(25,26)20-6-8-21(9-7-20)30(27,28)24-15-12-19-10-13-23-14-11-19/h6-11,13-14,17-18,22,24H,3-5,12,15-16H2,1-2H3. The summed E-state index contributed by atoms with van der Waals surface area (Å²) < 4.78 is 53.4. The fraction of sp³-hybridized carbons (Fsp3) is 0.500. The van der Waals surface area contributed by atoms with Crippen molar-refractivity contribution in [3.05, 3.63) is 54.4 Å². The van der Waals surface area contributed by atoms with Crippen molar-refractivity contribution < 1.29 is 16.8 Å². The van der Waals surface area contributed by atoms with Crippen molar-refractivity contribution in [1.82, 2.24) is 9.71 Å². The summed E-state index contributed by atoms with van der Waals surface area (Å²) in [4.78, 5) is 4.18. The van der Waals surface area contributed by atoms with Crippen molar-refractivity contribution in [2.24, 2.45) is 17.8 Å². The van der Waals surface area contributed by atoms with Crippen LogP contribution in [-0.4, -0.2) is 34.1 Å². The molecule has 2 atom stereocenters. The van der Waals surface area contributed by atoms with Crippen LogP contribution in [0.15, 0.2) is 58.6 Å². The van der Waals surface area contributed by atoms with Gasteiger partial charge in [0.1, 0.15) is 0 Å². The third-order valence-corrected chi connectivity index (χ3v) is 9.43. The minimum Gasteiger partial charge on any atom is -0.265 e. The number of sulfonamides is 1. The molecule has 3 rings (SSSR count). The van der Waals surface area contributed by atoms with Gasteiger partial charge in [0.15, 0.2) is 9.84 Å². The van der Waals surface area contributed by atoms with Gasteiger partial charge in [0, 0.05) is 18.9 Å². The highest BCUT2D eigenvalue weighted by atomic mass is 32.2. The minimum absolute atomic E-state index is 0.0654. The molecule has 0 radical (unpaired) electrons. The van der Waals surface area contributed by atoms with E-state index in [0.717, 1.165) is 24.8 Å². The fourth-order valence-electron chi connectivity index (χ4n) is 4.22. The second-order valence-electron chi connectivity index (χ2n) is 8.31. The lowest BCUT2D eigenvalue weighted by atomic mass is 9.75. The van der Waals surface area contributed by atoms with Crippen LogP contribution in [0.25, 0.3) is 0 Å². The second-order valence-corrected chi connectivity index (χ2v) is 12.1. The molecule has 8 heteroatoms. The Balaban J connectivity index is 1.65. The van der Waals surface area contributed by atoms with E-state index in [1.807, 2.05) is 12.1 Å². The Kier molecular flexibility index (Phi) is 7.31. The van der Waals surface area contributed by atoms with Crippen molar-refractivity contribution in [2.45, 2.75) is 49.3 Å². The van der Waals surface area contributed by atoms with E-state index in [-0.39, 0.29) is 28.0 Å². The van der Waals surface area contributed by atoms with Crippen molar-refractivity contribution >= 4 is 19.9 Å². The maximum atomic E-state index is 12.9. The van der Waals surface area contributed by atoms with Crippen LogP contribution in [-0.2, 0) is 26.3 Å². The lowest BCUT2D eigenvalue weighted by molar-refractivity contribution is 0.199. The Bertz CT molecular complexity index is 1030. The fourth-order valence-corrected chi connectivity index (χ4v) is 7.16. The predicted molar refractivity (Wildman–Crippen MR) is 117 cm³/mol. The van der Waals surface area contributed by atoms with Crippen molar-refractivity contribution in [3.63, 3.8) is 0 Å². The molecule has 6 nitrogen and oxygen atoms in total. The third-order valence-electron chi connectivity index (χ3n) is 6.14. The van der Waals surface area contributed by atoms with Gasteiger partial charge in [-0.15, -0.1) is 0 Å². The van der Waals surface area contributed by atoms with Gasteiger partial charge < -0.3 is 0 Å². The third kappa shape index (κ3) is 5.68. The first-order valence-electron chi connectivity index (χ1n) is 10.4. The van der Waals surface area contributed by atoms with Crippen LogP contribution in [0.2, 0.25) is 0 Å². The zero-order chi connectivity index (χ0) is 21.8. The molecular formula is C22H30N2O4S2. The van der Waals surface area contributed by atoms with E-state index in [1.165, 1.54) is 24.3 Å². The molecule has 0 saturated heterocycles. The number of aromatic nitrogens is 1. The Morgan fingerprint density at radius 3 is 2.07 bits per heavy atom. The summed E-state index contributed by atoms with van der Waals surface area (Å²) in [6.45, 7) is 4.51. The summed E-state index contributed by atoms with van der Waals surface area (Å²) in [6, 6.07) is 9.23. The first kappa shape index (κ1) is 22.9. The highest BCUT2D eigenvalue weighted by Gasteiger charge is 2.32. The Hall–Kier alpha value is -1.77. The van der Waals surface area contributed by atoms with Crippen molar-refractivity contribution in [3.8, 4) is 0 Å². The molecule has 1 aromatic carbocycles. The van der Waals surface area contributed by atoms with Crippen LogP contribution in [0, 0.1) is 17.8 Å². The van der Waals surface area contributed by atoms with Gasteiger partial charge in [0.25, 0.3) is 0 Å². The van der Waals surface area contributed by atoms with E-state index in [0.29, 0.717) is 18.3 Å². The number of hydrogen-bond donors (Lipinski definition) is 1. The quantitative estimate of drug-likeness (QED) is 0.665. The van der Waals surface area contributed by atoms with E-state index in [1.54, 1.807) is 12.4 Å². The van der Waals surface area contributed by atoms with Gasteiger partial charge in [-0.25, -0.2) is 21.6 Å². The molecule has 1 aliphatic rings. The highest BCUT2D eigenvalue weighted by molar-refractivity contribution is 7.91. The SMILES string of the molecule is CC1CCCC(C)C1CS(=O)(=O)c1ccc(S(=O)(=O)NCCc2ccncc2)cc1. The molecule has 0 amide bonds. The van der Waals surface area contributed by atoms with E-state index < -0.39 is 19.9 Å².